The van der Waals surface area contributed by atoms with Crippen LogP contribution in [0.2, 0.25) is 36.3 Å². The van der Waals surface area contributed by atoms with E-state index in [2.05, 4.69) is 40.4 Å². The number of aromatic nitrogens is 2. The van der Waals surface area contributed by atoms with Crippen molar-refractivity contribution in [2.45, 2.75) is 115 Å². The minimum atomic E-state index is -4.21. The number of hydrogen-bond acceptors (Lipinski definition) is 9. The van der Waals surface area contributed by atoms with Gasteiger partial charge in [-0.1, -0.05) is 47.6 Å². The van der Waals surface area contributed by atoms with Crippen LogP contribution >= 0.6 is 0 Å². The first-order valence-corrected chi connectivity index (χ1v) is 21.0. The van der Waals surface area contributed by atoms with Crippen molar-refractivity contribution in [2.24, 2.45) is 5.73 Å². The van der Waals surface area contributed by atoms with Crippen LogP contribution in [0.4, 0.5) is 0 Å². The molecule has 1 aromatic heterocycles. The van der Waals surface area contributed by atoms with E-state index in [0.29, 0.717) is 5.56 Å². The van der Waals surface area contributed by atoms with Crippen LogP contribution in [0, 0.1) is 6.92 Å². The van der Waals surface area contributed by atoms with Crippen LogP contribution in [0.5, 0.6) is 0 Å². The Labute approximate surface area is 245 Å². The lowest BCUT2D eigenvalue weighted by Gasteiger charge is -2.43. The van der Waals surface area contributed by atoms with Crippen LogP contribution in [0.15, 0.2) is 39.5 Å². The molecule has 1 fully saturated rings. The van der Waals surface area contributed by atoms with Gasteiger partial charge in [0.1, 0.15) is 12.2 Å². The summed E-state index contributed by atoms with van der Waals surface area (Å²) >= 11 is 0. The molecule has 232 valence electrons. The van der Waals surface area contributed by atoms with Crippen molar-refractivity contribution < 1.29 is 26.2 Å². The zero-order chi connectivity index (χ0) is 31.6. The number of rotatable bonds is 8. The fourth-order valence-electron chi connectivity index (χ4n) is 4.44. The largest absolute Gasteiger partial charge is 0.414 e. The Kier molecular flexibility index (Phi) is 8.81. The average molecular weight is 630 g/mol. The molecule has 3 heterocycles. The minimum absolute atomic E-state index is 0.0181. The molecule has 0 aliphatic carbocycles. The first-order valence-electron chi connectivity index (χ1n) is 13.8. The molecule has 0 saturated carbocycles. The van der Waals surface area contributed by atoms with E-state index in [4.69, 9.17) is 23.5 Å². The van der Waals surface area contributed by atoms with Crippen LogP contribution in [-0.2, 0) is 34.4 Å². The maximum atomic E-state index is 13.7. The monoisotopic (exact) mass is 629 g/mol. The van der Waals surface area contributed by atoms with E-state index in [1.165, 1.54) is 16.8 Å². The quantitative estimate of drug-likeness (QED) is 0.259. The molecule has 3 rings (SSSR count). The molecule has 0 amide bonds. The van der Waals surface area contributed by atoms with Gasteiger partial charge in [0.2, 0.25) is 0 Å². The third-order valence-corrected chi connectivity index (χ3v) is 19.0. The summed E-state index contributed by atoms with van der Waals surface area (Å²) < 4.78 is 53.9. The van der Waals surface area contributed by atoms with Crippen molar-refractivity contribution in [1.29, 1.82) is 0 Å². The van der Waals surface area contributed by atoms with Crippen molar-refractivity contribution in [3.8, 4) is 0 Å². The van der Waals surface area contributed by atoms with Gasteiger partial charge in [0.05, 0.1) is 17.7 Å². The number of aryl methyl sites for hydroxylation is 1. The lowest BCUT2D eigenvalue weighted by molar-refractivity contribution is -0.0567. The van der Waals surface area contributed by atoms with Gasteiger partial charge in [-0.25, -0.2) is 8.98 Å². The Bertz CT molecular complexity index is 1450. The standard InChI is InChI=1S/C27H47N3O8SSi2/c1-13-14-29-22(31)18(2)15-30(24(29)32)23-21(37-41(11,12)26(6,7)8)27(19(28)17-39(33,34)38-27)20(36-23)16-35-40(9,10)25(3,4)5/h13,15,17,20-21,23H,1,14,16,28H2,2-12H3/t20-,21+,23-,27?/m1/s1. The number of nitrogens with zero attached hydrogens (tertiary/aromatic N) is 2. The van der Waals surface area contributed by atoms with E-state index in [0.717, 1.165) is 9.98 Å². The highest BCUT2D eigenvalue weighted by molar-refractivity contribution is 7.90. The van der Waals surface area contributed by atoms with E-state index >= 15 is 0 Å². The molecule has 1 aromatic rings. The van der Waals surface area contributed by atoms with Crippen LogP contribution < -0.4 is 17.0 Å². The number of allylic oxidation sites excluding steroid dienone is 1. The van der Waals surface area contributed by atoms with E-state index in [9.17, 15) is 18.0 Å². The molecular formula is C27H47N3O8SSi2. The molecule has 2 N–H and O–H groups in total. The fraction of sp³-hybridized carbons (Fsp3) is 0.704. The highest BCUT2D eigenvalue weighted by atomic mass is 32.2. The normalized spacial score (nSPS) is 26.9. The minimum Gasteiger partial charge on any atom is -0.414 e. The lowest BCUT2D eigenvalue weighted by Crippen LogP contribution is -2.59. The Balaban J connectivity index is 2.30. The van der Waals surface area contributed by atoms with Gasteiger partial charge in [-0.05, 0) is 43.2 Å². The van der Waals surface area contributed by atoms with Gasteiger partial charge in [0.15, 0.2) is 28.5 Å². The molecule has 1 saturated heterocycles. The molecule has 4 atom stereocenters. The second-order valence-corrected chi connectivity index (χ2v) is 25.0. The van der Waals surface area contributed by atoms with E-state index in [-0.39, 0.29) is 28.9 Å². The fourth-order valence-corrected chi connectivity index (χ4v) is 7.95. The second kappa shape index (κ2) is 10.7. The van der Waals surface area contributed by atoms with E-state index in [1.807, 2.05) is 33.9 Å². The Morgan fingerprint density at radius 1 is 1.10 bits per heavy atom. The summed E-state index contributed by atoms with van der Waals surface area (Å²) in [6.45, 7) is 25.7. The summed E-state index contributed by atoms with van der Waals surface area (Å²) in [4.78, 5) is 26.6. The van der Waals surface area contributed by atoms with Crippen molar-refractivity contribution in [1.82, 2.24) is 9.13 Å². The maximum Gasteiger partial charge on any atom is 0.333 e. The first kappa shape index (κ1) is 33.7. The summed E-state index contributed by atoms with van der Waals surface area (Å²) in [6.07, 6.45) is -0.518. The van der Waals surface area contributed by atoms with Crippen molar-refractivity contribution in [2.75, 3.05) is 6.61 Å². The van der Waals surface area contributed by atoms with Crippen molar-refractivity contribution >= 4 is 26.8 Å². The lowest BCUT2D eigenvalue weighted by atomic mass is 9.89. The molecule has 2 aliphatic heterocycles. The van der Waals surface area contributed by atoms with Crippen LogP contribution in [-0.4, -0.2) is 58.6 Å². The highest BCUT2D eigenvalue weighted by Crippen LogP contribution is 2.52. The van der Waals surface area contributed by atoms with Gasteiger partial charge < -0.3 is 19.3 Å². The summed E-state index contributed by atoms with van der Waals surface area (Å²) in [6, 6.07) is 0. The maximum absolute atomic E-state index is 13.7. The number of ether oxygens (including phenoxy) is 1. The summed E-state index contributed by atoms with van der Waals surface area (Å²) in [5.41, 5.74) is 3.80. The van der Waals surface area contributed by atoms with Gasteiger partial charge in [0.25, 0.3) is 15.7 Å². The third-order valence-electron chi connectivity index (χ3n) is 9.02. The van der Waals surface area contributed by atoms with Crippen molar-refractivity contribution in [3.05, 3.63) is 56.4 Å². The molecule has 2 aliphatic rings. The summed E-state index contributed by atoms with van der Waals surface area (Å²) in [7, 11) is -9.23. The van der Waals surface area contributed by atoms with E-state index < -0.39 is 62.0 Å². The van der Waals surface area contributed by atoms with Crippen LogP contribution in [0.25, 0.3) is 0 Å². The molecule has 11 nitrogen and oxygen atoms in total. The molecule has 0 radical (unpaired) electrons. The van der Waals surface area contributed by atoms with Gasteiger partial charge in [-0.3, -0.25) is 13.9 Å². The molecule has 41 heavy (non-hydrogen) atoms. The SMILES string of the molecule is C=CCn1c(=O)c(C)cn([C@@H]2O[C@H](CO[Si](C)(C)C(C)(C)C)C3(OS(=O)(=O)C=C3N)[C@H]2O[Si](C)(C)C(C)(C)C)c1=O. The van der Waals surface area contributed by atoms with Gasteiger partial charge >= 0.3 is 5.69 Å². The molecule has 0 bridgehead atoms. The van der Waals surface area contributed by atoms with Gasteiger partial charge in [-0.15, -0.1) is 6.58 Å². The number of nitrogens with two attached hydrogens (primary N) is 1. The zero-order valence-electron chi connectivity index (χ0n) is 26.2. The second-order valence-electron chi connectivity index (χ2n) is 14.0. The smallest absolute Gasteiger partial charge is 0.333 e. The van der Waals surface area contributed by atoms with Crippen molar-refractivity contribution in [3.63, 3.8) is 0 Å². The number of hydrogen-bond donors (Lipinski definition) is 1. The molecule has 14 heteroatoms. The van der Waals surface area contributed by atoms with Gasteiger partial charge in [-0.2, -0.15) is 8.42 Å². The predicted molar refractivity (Wildman–Crippen MR) is 164 cm³/mol. The van der Waals surface area contributed by atoms with E-state index in [1.54, 1.807) is 6.92 Å². The molecule has 1 unspecified atom stereocenters. The van der Waals surface area contributed by atoms with Crippen LogP contribution in [0.1, 0.15) is 53.3 Å². The molecule has 1 spiro atoms. The summed E-state index contributed by atoms with van der Waals surface area (Å²) in [5.74, 6) is 0. The highest BCUT2D eigenvalue weighted by Gasteiger charge is 2.67. The Morgan fingerprint density at radius 3 is 2.12 bits per heavy atom. The predicted octanol–water partition coefficient (Wildman–Crippen LogP) is 3.71. The Morgan fingerprint density at radius 2 is 1.66 bits per heavy atom. The third kappa shape index (κ3) is 6.01. The topological polar surface area (TPSA) is 141 Å². The zero-order valence-corrected chi connectivity index (χ0v) is 29.0. The summed E-state index contributed by atoms with van der Waals surface area (Å²) in [5, 5.41) is 0.438. The van der Waals surface area contributed by atoms with Gasteiger partial charge in [0, 0.05) is 18.3 Å². The first-order chi connectivity index (χ1) is 18.4. The van der Waals surface area contributed by atoms with Crippen LogP contribution in [0.3, 0.4) is 0 Å². The molecular weight excluding hydrogens is 583 g/mol. The molecule has 0 aromatic carbocycles. The Hall–Kier alpha value is -1.82. The average Bonchev–Trinajstić information content (AvgIpc) is 3.22.